The van der Waals surface area contributed by atoms with Crippen molar-refractivity contribution in [1.82, 2.24) is 0 Å². The second-order valence-corrected chi connectivity index (χ2v) is 12.7. The number of hydrogen-bond donors (Lipinski definition) is 0. The molecule has 1 rings (SSSR count). The van der Waals surface area contributed by atoms with Crippen LogP contribution in [-0.4, -0.2) is 16.9 Å². The van der Waals surface area contributed by atoms with Gasteiger partial charge in [0.25, 0.3) is 0 Å². The van der Waals surface area contributed by atoms with E-state index < -0.39 is 16.9 Å². The molecule has 0 aliphatic rings. The summed E-state index contributed by atoms with van der Waals surface area (Å²) in [4.78, 5) is 0. The summed E-state index contributed by atoms with van der Waals surface area (Å²) in [6, 6.07) is 8.64. The summed E-state index contributed by atoms with van der Waals surface area (Å²) in [6.45, 7) is 11.4. The van der Waals surface area contributed by atoms with Gasteiger partial charge in [0.1, 0.15) is 8.07 Å². The molecule has 2 heteroatoms. The van der Waals surface area contributed by atoms with Crippen LogP contribution in [-0.2, 0) is 0 Å². The fourth-order valence-corrected chi connectivity index (χ4v) is 3.18. The highest BCUT2D eigenvalue weighted by Crippen LogP contribution is 2.02. The van der Waals surface area contributed by atoms with Gasteiger partial charge < -0.3 is 0 Å². The van der Waals surface area contributed by atoms with Gasteiger partial charge in [-0.3, -0.25) is 0 Å². The topological polar surface area (TPSA) is 0 Å². The van der Waals surface area contributed by atoms with Crippen molar-refractivity contribution in [3.8, 4) is 11.5 Å². The van der Waals surface area contributed by atoms with Gasteiger partial charge in [-0.15, -0.1) is 5.54 Å². The van der Waals surface area contributed by atoms with Crippen LogP contribution in [0.5, 0.6) is 0 Å². The molecule has 0 saturated carbocycles. The number of allylic oxidation sites excluding steroid dienone is 1. The summed E-state index contributed by atoms with van der Waals surface area (Å²) in [5, 5.41) is 1.49. The highest BCUT2D eigenvalue weighted by atomic mass is 28.3. The third-order valence-corrected chi connectivity index (χ3v) is 4.72. The monoisotopic (exact) mass is 257 g/mol. The molecule has 0 aliphatic heterocycles. The quantitative estimate of drug-likeness (QED) is 0.561. The molecule has 0 amide bonds. The van der Waals surface area contributed by atoms with Crippen LogP contribution in [0.2, 0.25) is 32.7 Å². The normalized spacial score (nSPS) is 11.6. The van der Waals surface area contributed by atoms with E-state index in [9.17, 15) is 0 Å². The van der Waals surface area contributed by atoms with Crippen LogP contribution in [0.15, 0.2) is 30.3 Å². The summed E-state index contributed by atoms with van der Waals surface area (Å²) in [5.41, 5.74) is 4.68. The average molecular weight is 258 g/mol. The Labute approximate surface area is 108 Å². The van der Waals surface area contributed by atoms with Gasteiger partial charge in [0.15, 0.2) is 0 Å². The number of rotatable bonds is 2. The van der Waals surface area contributed by atoms with Gasteiger partial charge >= 0.3 is 0 Å². The van der Waals surface area contributed by atoms with E-state index in [0.29, 0.717) is 0 Å². The zero-order valence-electron chi connectivity index (χ0n) is 11.5. The third-order valence-electron chi connectivity index (χ3n) is 2.29. The first-order valence-electron chi connectivity index (χ1n) is 5.99. The molecule has 0 nitrogen and oxygen atoms in total. The maximum absolute atomic E-state index is 3.35. The van der Waals surface area contributed by atoms with E-state index in [2.05, 4.69) is 74.5 Å². The van der Waals surface area contributed by atoms with Crippen LogP contribution in [0, 0.1) is 11.5 Å². The zero-order valence-corrected chi connectivity index (χ0v) is 13.5. The van der Waals surface area contributed by atoms with Crippen LogP contribution in [0.25, 0.3) is 6.08 Å². The van der Waals surface area contributed by atoms with Crippen molar-refractivity contribution >= 4 is 28.1 Å². The molecule has 0 heterocycles. The summed E-state index contributed by atoms with van der Waals surface area (Å²) < 4.78 is 0. The van der Waals surface area contributed by atoms with Crippen molar-refractivity contribution in [3.05, 3.63) is 35.9 Å². The molecule has 0 unspecified atom stereocenters. The van der Waals surface area contributed by atoms with Gasteiger partial charge in [-0.1, -0.05) is 68.1 Å². The Morgan fingerprint density at radius 1 is 1.12 bits per heavy atom. The fraction of sp³-hybridized carbons (Fsp3) is 0.333. The minimum Gasteiger partial charge on any atom is -0.127 e. The molecular weight excluding hydrogens is 236 g/mol. The van der Waals surface area contributed by atoms with Crippen molar-refractivity contribution in [2.75, 3.05) is 0 Å². The molecule has 0 N–H and O–H groups in total. The average Bonchev–Trinajstić information content (AvgIpc) is 2.23. The Morgan fingerprint density at radius 3 is 2.35 bits per heavy atom. The molecule has 1 radical (unpaired) electrons. The fourth-order valence-electron chi connectivity index (χ4n) is 1.49. The summed E-state index contributed by atoms with van der Waals surface area (Å²) in [5.74, 6) is 3.18. The molecule has 17 heavy (non-hydrogen) atoms. The van der Waals surface area contributed by atoms with Crippen molar-refractivity contribution in [2.24, 2.45) is 0 Å². The molecular formula is C15H21Si2. The van der Waals surface area contributed by atoms with E-state index in [1.54, 1.807) is 0 Å². The second kappa shape index (κ2) is 6.04. The highest BCUT2D eigenvalue weighted by Gasteiger charge is 2.07. The van der Waals surface area contributed by atoms with Crippen LogP contribution in [0.1, 0.15) is 5.56 Å². The van der Waals surface area contributed by atoms with Gasteiger partial charge in [0, 0.05) is 0 Å². The molecule has 0 spiro atoms. The first-order valence-corrected chi connectivity index (χ1v) is 12.0. The number of hydrogen-bond acceptors (Lipinski definition) is 0. The van der Waals surface area contributed by atoms with Gasteiger partial charge in [-0.2, -0.15) is 0 Å². The van der Waals surface area contributed by atoms with Crippen LogP contribution in [0.4, 0.5) is 0 Å². The van der Waals surface area contributed by atoms with Gasteiger partial charge in [-0.25, -0.2) is 0 Å². The Morgan fingerprint density at radius 2 is 1.76 bits per heavy atom. The number of benzene rings is 1. The van der Waals surface area contributed by atoms with Gasteiger partial charge in [0.05, 0.1) is 8.80 Å². The molecule has 0 bridgehead atoms. The lowest BCUT2D eigenvalue weighted by molar-refractivity contribution is 1.69. The summed E-state index contributed by atoms with van der Waals surface area (Å²) in [6.07, 6.45) is 4.15. The minimum atomic E-state index is -1.24. The summed E-state index contributed by atoms with van der Waals surface area (Å²) in [7, 11) is -1.63. The van der Waals surface area contributed by atoms with Gasteiger partial charge in [-0.05, 0) is 17.7 Å². The predicted octanol–water partition coefficient (Wildman–Crippen LogP) is 3.54. The van der Waals surface area contributed by atoms with E-state index in [0.717, 1.165) is 0 Å². The zero-order chi connectivity index (χ0) is 12.9. The minimum absolute atomic E-state index is 0.397. The Bertz CT molecular complexity index is 454. The maximum atomic E-state index is 3.35. The lowest BCUT2D eigenvalue weighted by atomic mass is 10.2. The van der Waals surface area contributed by atoms with E-state index in [1.165, 1.54) is 10.8 Å². The first-order chi connectivity index (χ1) is 7.90. The van der Waals surface area contributed by atoms with Crippen LogP contribution < -0.4 is 5.19 Å². The Kier molecular flexibility index (Phi) is 4.98. The molecule has 1 aromatic rings. The molecule has 0 aliphatic carbocycles. The molecule has 1 aromatic carbocycles. The maximum Gasteiger partial charge on any atom is 0.129 e. The smallest absolute Gasteiger partial charge is 0.127 e. The van der Waals surface area contributed by atoms with Crippen molar-refractivity contribution in [2.45, 2.75) is 32.7 Å². The van der Waals surface area contributed by atoms with Gasteiger partial charge in [0.2, 0.25) is 0 Å². The van der Waals surface area contributed by atoms with E-state index >= 15 is 0 Å². The van der Waals surface area contributed by atoms with E-state index in [1.807, 2.05) is 6.08 Å². The van der Waals surface area contributed by atoms with Crippen molar-refractivity contribution in [1.29, 1.82) is 0 Å². The first kappa shape index (κ1) is 14.0. The SMILES string of the molecule is C[Si](C)c1ccccc1/C=C/C#C[Si](C)(C)C. The van der Waals surface area contributed by atoms with Crippen molar-refractivity contribution in [3.63, 3.8) is 0 Å². The largest absolute Gasteiger partial charge is 0.129 e. The third kappa shape index (κ3) is 5.21. The highest BCUT2D eigenvalue weighted by molar-refractivity contribution is 6.83. The second-order valence-electron chi connectivity index (χ2n) is 5.44. The lowest BCUT2D eigenvalue weighted by Gasteiger charge is -2.07. The lowest BCUT2D eigenvalue weighted by Crippen LogP contribution is -2.24. The van der Waals surface area contributed by atoms with E-state index in [4.69, 9.17) is 0 Å². The van der Waals surface area contributed by atoms with Crippen molar-refractivity contribution < 1.29 is 0 Å². The Balaban J connectivity index is 2.88. The molecule has 0 fully saturated rings. The predicted molar refractivity (Wildman–Crippen MR) is 83.7 cm³/mol. The molecule has 0 aromatic heterocycles. The Hall–Kier alpha value is -1.05. The molecule has 89 valence electrons. The van der Waals surface area contributed by atoms with Crippen LogP contribution >= 0.6 is 0 Å². The molecule has 0 saturated heterocycles. The van der Waals surface area contributed by atoms with Crippen LogP contribution in [0.3, 0.4) is 0 Å². The summed E-state index contributed by atoms with van der Waals surface area (Å²) >= 11 is 0. The van der Waals surface area contributed by atoms with E-state index in [-0.39, 0.29) is 0 Å². The standard InChI is InChI=1S/C15H21Si2/c1-16(2)15-12-7-6-10-14(15)11-8-9-13-17(3,4)5/h6-8,10-12H,1-5H3/b11-8+. The molecule has 0 atom stereocenters.